The van der Waals surface area contributed by atoms with Crippen molar-refractivity contribution in [2.24, 2.45) is 5.92 Å². The molecule has 1 aliphatic rings. The Morgan fingerprint density at radius 2 is 2.00 bits per heavy atom. The molecule has 0 spiro atoms. The molecule has 1 aromatic heterocycles. The van der Waals surface area contributed by atoms with Crippen molar-refractivity contribution >= 4 is 22.8 Å². The molecule has 1 amide bonds. The minimum absolute atomic E-state index is 0.0763. The number of aliphatic carboxylic acids is 1. The van der Waals surface area contributed by atoms with Gasteiger partial charge in [-0.1, -0.05) is 0 Å². The molecule has 1 fully saturated rings. The molecule has 0 aliphatic heterocycles. The van der Waals surface area contributed by atoms with Crippen LogP contribution in [0.4, 0.5) is 0 Å². The second-order valence-corrected chi connectivity index (χ2v) is 6.09. The van der Waals surface area contributed by atoms with Gasteiger partial charge in [-0.15, -0.1) is 0 Å². The third-order valence-electron chi connectivity index (χ3n) is 4.30. The lowest BCUT2D eigenvalue weighted by Crippen LogP contribution is -2.43. The predicted octanol–water partition coefficient (Wildman–Crippen LogP) is 2.57. The maximum Gasteiger partial charge on any atom is 0.326 e. The number of amides is 1. The molecule has 0 saturated heterocycles. The van der Waals surface area contributed by atoms with Crippen molar-refractivity contribution in [2.75, 3.05) is 0 Å². The lowest BCUT2D eigenvalue weighted by atomic mass is 10.0. The van der Waals surface area contributed by atoms with Crippen molar-refractivity contribution in [3.05, 3.63) is 35.1 Å². The second-order valence-electron chi connectivity index (χ2n) is 6.09. The summed E-state index contributed by atoms with van der Waals surface area (Å²) in [6, 6.07) is 3.19. The van der Waals surface area contributed by atoms with Gasteiger partial charge in [0.05, 0.1) is 12.7 Å². The van der Waals surface area contributed by atoms with Gasteiger partial charge in [-0.25, -0.2) is 4.79 Å². The Morgan fingerprint density at radius 3 is 2.64 bits per heavy atom. The van der Waals surface area contributed by atoms with E-state index in [2.05, 4.69) is 5.32 Å². The third kappa shape index (κ3) is 2.84. The number of rotatable bonds is 5. The average molecular weight is 301 g/mol. The number of carboxylic acid groups (broad SMARTS) is 1. The van der Waals surface area contributed by atoms with Gasteiger partial charge in [0, 0.05) is 10.9 Å². The van der Waals surface area contributed by atoms with Gasteiger partial charge in [0.1, 0.15) is 11.6 Å². The number of benzene rings is 1. The zero-order valence-corrected chi connectivity index (χ0v) is 12.7. The first-order chi connectivity index (χ1) is 10.5. The van der Waals surface area contributed by atoms with Crippen LogP contribution in [0.5, 0.6) is 0 Å². The van der Waals surface area contributed by atoms with Crippen LogP contribution in [0.25, 0.3) is 11.0 Å². The largest absolute Gasteiger partial charge is 0.480 e. The average Bonchev–Trinajstić information content (AvgIpc) is 3.22. The molecule has 5 nitrogen and oxygen atoms in total. The molecular formula is C17H19NO4. The number of carboxylic acids is 1. The lowest BCUT2D eigenvalue weighted by Gasteiger charge is -2.13. The van der Waals surface area contributed by atoms with E-state index in [1.807, 2.05) is 26.0 Å². The number of hydrogen-bond acceptors (Lipinski definition) is 3. The minimum Gasteiger partial charge on any atom is -0.480 e. The summed E-state index contributed by atoms with van der Waals surface area (Å²) in [6.07, 6.45) is 3.44. The van der Waals surface area contributed by atoms with E-state index in [0.29, 0.717) is 0 Å². The van der Waals surface area contributed by atoms with Gasteiger partial charge in [-0.3, -0.25) is 4.79 Å². The highest BCUT2D eigenvalue weighted by molar-refractivity contribution is 5.90. The van der Waals surface area contributed by atoms with Crippen LogP contribution in [0.15, 0.2) is 22.8 Å². The molecular weight excluding hydrogens is 282 g/mol. The summed E-state index contributed by atoms with van der Waals surface area (Å²) in [6.45, 7) is 4.02. The molecule has 2 aromatic rings. The van der Waals surface area contributed by atoms with Crippen LogP contribution in [-0.4, -0.2) is 23.0 Å². The van der Waals surface area contributed by atoms with Crippen molar-refractivity contribution in [1.82, 2.24) is 5.32 Å². The molecule has 1 saturated carbocycles. The van der Waals surface area contributed by atoms with Crippen molar-refractivity contribution in [2.45, 2.75) is 39.2 Å². The van der Waals surface area contributed by atoms with Gasteiger partial charge in [0.25, 0.3) is 0 Å². The van der Waals surface area contributed by atoms with Gasteiger partial charge in [0.2, 0.25) is 5.91 Å². The Bertz CT molecular complexity index is 742. The first-order valence-electron chi connectivity index (χ1n) is 7.45. The number of furan rings is 1. The first kappa shape index (κ1) is 14.6. The van der Waals surface area contributed by atoms with Crippen LogP contribution >= 0.6 is 0 Å². The van der Waals surface area contributed by atoms with E-state index in [1.54, 1.807) is 6.26 Å². The molecule has 3 rings (SSSR count). The van der Waals surface area contributed by atoms with E-state index in [0.717, 1.165) is 40.5 Å². The minimum atomic E-state index is -0.959. The normalized spacial score (nSPS) is 15.7. The van der Waals surface area contributed by atoms with Crippen LogP contribution in [-0.2, 0) is 16.0 Å². The number of aryl methyl sites for hydroxylation is 2. The van der Waals surface area contributed by atoms with Crippen LogP contribution in [0.2, 0.25) is 0 Å². The topological polar surface area (TPSA) is 79.5 Å². The summed E-state index contributed by atoms with van der Waals surface area (Å²) in [7, 11) is 0. The highest BCUT2D eigenvalue weighted by Crippen LogP contribution is 2.33. The summed E-state index contributed by atoms with van der Waals surface area (Å²) in [5.41, 5.74) is 3.81. The number of carbonyl (C=O) groups excluding carboxylic acids is 1. The smallest absolute Gasteiger partial charge is 0.326 e. The Kier molecular flexibility index (Phi) is 3.64. The van der Waals surface area contributed by atoms with E-state index in [-0.39, 0.29) is 18.2 Å². The van der Waals surface area contributed by atoms with Crippen LogP contribution in [0, 0.1) is 19.8 Å². The monoisotopic (exact) mass is 301 g/mol. The van der Waals surface area contributed by atoms with Crippen molar-refractivity contribution in [3.8, 4) is 0 Å². The molecule has 22 heavy (non-hydrogen) atoms. The van der Waals surface area contributed by atoms with Crippen LogP contribution < -0.4 is 5.32 Å². The maximum atomic E-state index is 12.1. The van der Waals surface area contributed by atoms with Crippen molar-refractivity contribution in [1.29, 1.82) is 0 Å². The zero-order valence-electron chi connectivity index (χ0n) is 12.7. The fourth-order valence-electron chi connectivity index (χ4n) is 2.68. The summed E-state index contributed by atoms with van der Waals surface area (Å²) >= 11 is 0. The molecule has 1 aromatic carbocycles. The van der Waals surface area contributed by atoms with E-state index >= 15 is 0 Å². The number of nitrogens with one attached hydrogen (secondary N) is 1. The van der Waals surface area contributed by atoms with Gasteiger partial charge in [-0.05, 0) is 55.9 Å². The highest BCUT2D eigenvalue weighted by Gasteiger charge is 2.37. The summed E-state index contributed by atoms with van der Waals surface area (Å²) in [5.74, 6) is -1.16. The van der Waals surface area contributed by atoms with Crippen molar-refractivity contribution in [3.63, 3.8) is 0 Å². The summed E-state index contributed by atoms with van der Waals surface area (Å²) < 4.78 is 5.50. The van der Waals surface area contributed by atoms with Crippen molar-refractivity contribution < 1.29 is 19.1 Å². The second kappa shape index (κ2) is 5.48. The Labute approximate surface area is 128 Å². The molecule has 5 heteroatoms. The summed E-state index contributed by atoms with van der Waals surface area (Å²) in [5, 5.41) is 12.7. The van der Waals surface area contributed by atoms with E-state index in [4.69, 9.17) is 9.52 Å². The maximum absolute atomic E-state index is 12.1. The number of carbonyl (C=O) groups is 2. The molecule has 116 valence electrons. The van der Waals surface area contributed by atoms with Gasteiger partial charge in [-0.2, -0.15) is 0 Å². The zero-order chi connectivity index (χ0) is 15.9. The summed E-state index contributed by atoms with van der Waals surface area (Å²) in [4.78, 5) is 23.3. The quantitative estimate of drug-likeness (QED) is 0.889. The van der Waals surface area contributed by atoms with E-state index < -0.39 is 12.0 Å². The Morgan fingerprint density at radius 1 is 1.32 bits per heavy atom. The predicted molar refractivity (Wildman–Crippen MR) is 81.7 cm³/mol. The van der Waals surface area contributed by atoms with Gasteiger partial charge >= 0.3 is 5.97 Å². The molecule has 2 N–H and O–H groups in total. The molecule has 1 unspecified atom stereocenters. The molecule has 0 bridgehead atoms. The number of fused-ring (bicyclic) bond motifs is 1. The molecule has 1 atom stereocenters. The Hall–Kier alpha value is -2.30. The molecule has 1 aliphatic carbocycles. The molecule has 0 radical (unpaired) electrons. The molecule has 1 heterocycles. The first-order valence-corrected chi connectivity index (χ1v) is 7.45. The van der Waals surface area contributed by atoms with E-state index in [9.17, 15) is 9.59 Å². The lowest BCUT2D eigenvalue weighted by molar-refractivity contribution is -0.142. The van der Waals surface area contributed by atoms with Gasteiger partial charge in [0.15, 0.2) is 0 Å². The Balaban J connectivity index is 1.76. The van der Waals surface area contributed by atoms with Crippen LogP contribution in [0.1, 0.15) is 29.5 Å². The van der Waals surface area contributed by atoms with Gasteiger partial charge < -0.3 is 14.8 Å². The SMILES string of the molecule is Cc1cc2occ(CC(=O)NC(C(=O)O)C3CC3)c2cc1C. The third-order valence-corrected chi connectivity index (χ3v) is 4.30. The van der Waals surface area contributed by atoms with Crippen LogP contribution in [0.3, 0.4) is 0 Å². The standard InChI is InChI=1S/C17H19NO4/c1-9-5-13-12(8-22-14(13)6-10(9)2)7-15(19)18-16(17(20)21)11-3-4-11/h5-6,8,11,16H,3-4,7H2,1-2H3,(H,18,19)(H,20,21). The fraction of sp³-hybridized carbons (Fsp3) is 0.412. The van der Waals surface area contributed by atoms with E-state index in [1.165, 1.54) is 0 Å². The number of hydrogen-bond donors (Lipinski definition) is 2. The fourth-order valence-corrected chi connectivity index (χ4v) is 2.68. The highest BCUT2D eigenvalue weighted by atomic mass is 16.4.